The van der Waals surface area contributed by atoms with Crippen LogP contribution < -0.4 is 10.6 Å². The highest BCUT2D eigenvalue weighted by atomic mass is 32.2. The number of hydrogen-bond donors (Lipinski definition) is 3. The van der Waals surface area contributed by atoms with Crippen LogP contribution in [-0.4, -0.2) is 58.2 Å². The van der Waals surface area contributed by atoms with Crippen LogP contribution in [0.2, 0.25) is 0 Å². The van der Waals surface area contributed by atoms with Gasteiger partial charge in [0.1, 0.15) is 17.5 Å². The molecule has 0 bridgehead atoms. The summed E-state index contributed by atoms with van der Waals surface area (Å²) in [5, 5.41) is 14.6. The molecule has 0 aromatic heterocycles. The third-order valence-electron chi connectivity index (χ3n) is 5.45. The third kappa shape index (κ3) is 3.75. The molecular formula is C20H27N3O4S. The zero-order chi connectivity index (χ0) is 20.4. The lowest BCUT2D eigenvalue weighted by Gasteiger charge is -2.28. The van der Waals surface area contributed by atoms with E-state index in [4.69, 9.17) is 0 Å². The van der Waals surface area contributed by atoms with Gasteiger partial charge in [-0.05, 0) is 24.5 Å². The smallest absolute Gasteiger partial charge is 0.256 e. The van der Waals surface area contributed by atoms with Crippen molar-refractivity contribution < 1.29 is 19.5 Å². The summed E-state index contributed by atoms with van der Waals surface area (Å²) in [4.78, 5) is 40.1. The Morgan fingerprint density at radius 3 is 2.68 bits per heavy atom. The molecule has 0 radical (unpaired) electrons. The van der Waals surface area contributed by atoms with Gasteiger partial charge in [0, 0.05) is 17.4 Å². The van der Waals surface area contributed by atoms with Crippen LogP contribution in [0.15, 0.2) is 24.3 Å². The summed E-state index contributed by atoms with van der Waals surface area (Å²) in [6, 6.07) is 5.73. The van der Waals surface area contributed by atoms with E-state index in [1.807, 2.05) is 32.0 Å². The number of benzene rings is 1. The summed E-state index contributed by atoms with van der Waals surface area (Å²) in [5.74, 6) is -0.343. The summed E-state index contributed by atoms with van der Waals surface area (Å²) in [6.07, 6.45) is 0.710. The minimum absolute atomic E-state index is 0.0776. The van der Waals surface area contributed by atoms with Crippen LogP contribution in [0.25, 0.3) is 0 Å². The van der Waals surface area contributed by atoms with Crippen molar-refractivity contribution in [2.45, 2.75) is 50.7 Å². The Balaban J connectivity index is 1.74. The molecule has 0 aliphatic carbocycles. The van der Waals surface area contributed by atoms with Gasteiger partial charge in [-0.2, -0.15) is 0 Å². The molecule has 2 aliphatic rings. The number of rotatable bonds is 7. The van der Waals surface area contributed by atoms with E-state index in [2.05, 4.69) is 10.6 Å². The van der Waals surface area contributed by atoms with Crippen molar-refractivity contribution in [2.75, 3.05) is 12.4 Å². The molecule has 0 saturated carbocycles. The number of thioether (sulfide) groups is 1. The molecule has 8 heteroatoms. The molecule has 0 unspecified atom stereocenters. The first kappa shape index (κ1) is 20.7. The van der Waals surface area contributed by atoms with Crippen molar-refractivity contribution in [3.63, 3.8) is 0 Å². The van der Waals surface area contributed by atoms with Crippen LogP contribution in [0, 0.1) is 5.92 Å². The molecule has 28 heavy (non-hydrogen) atoms. The Morgan fingerprint density at radius 1 is 1.29 bits per heavy atom. The monoisotopic (exact) mass is 405 g/mol. The third-order valence-corrected chi connectivity index (χ3v) is 6.76. The van der Waals surface area contributed by atoms with Gasteiger partial charge in [0.15, 0.2) is 0 Å². The Hall–Kier alpha value is -2.06. The predicted octanol–water partition coefficient (Wildman–Crippen LogP) is 1.28. The van der Waals surface area contributed by atoms with Crippen molar-refractivity contribution in [3.05, 3.63) is 35.4 Å². The van der Waals surface area contributed by atoms with Crippen LogP contribution >= 0.6 is 11.8 Å². The number of hydrogen-bond acceptors (Lipinski definition) is 5. The first-order valence-corrected chi connectivity index (χ1v) is 10.7. The number of carbonyl (C=O) groups excluding carboxylic acids is 3. The van der Waals surface area contributed by atoms with E-state index in [0.29, 0.717) is 17.7 Å². The van der Waals surface area contributed by atoms with E-state index >= 15 is 0 Å². The Labute approximate surface area is 169 Å². The standard InChI is InChI=1S/C20H27N3O4S/c1-4-11(2)16(18(26)21-12(3)9-24)22-17(25)15-10-28-20-14-8-6-5-7-13(14)19(27)23(15)20/h5-8,11-12,15-16,20,24H,4,9-10H2,1-3H3,(H,21,26)(H,22,25)/t11-,12+,15-,16+,20-/m1/s1. The molecule has 5 atom stereocenters. The minimum atomic E-state index is -0.712. The minimum Gasteiger partial charge on any atom is -0.394 e. The van der Waals surface area contributed by atoms with Crippen LogP contribution in [0.1, 0.15) is 48.5 Å². The number of carbonyl (C=O) groups is 3. The van der Waals surface area contributed by atoms with E-state index in [0.717, 1.165) is 5.56 Å². The first-order chi connectivity index (χ1) is 13.4. The fourth-order valence-corrected chi connectivity index (χ4v) is 5.04. The van der Waals surface area contributed by atoms with Crippen LogP contribution in [-0.2, 0) is 9.59 Å². The van der Waals surface area contributed by atoms with Gasteiger partial charge >= 0.3 is 0 Å². The molecule has 1 saturated heterocycles. The van der Waals surface area contributed by atoms with Crippen LogP contribution in [0.3, 0.4) is 0 Å². The summed E-state index contributed by atoms with van der Waals surface area (Å²) >= 11 is 1.57. The second-order valence-corrected chi connectivity index (χ2v) is 8.58. The lowest BCUT2D eigenvalue weighted by molar-refractivity contribution is -0.132. The number of fused-ring (bicyclic) bond motifs is 3. The number of aliphatic hydroxyl groups excluding tert-OH is 1. The van der Waals surface area contributed by atoms with E-state index < -0.39 is 18.1 Å². The molecular weight excluding hydrogens is 378 g/mol. The highest BCUT2D eigenvalue weighted by molar-refractivity contribution is 7.99. The van der Waals surface area contributed by atoms with Crippen molar-refractivity contribution in [3.8, 4) is 0 Å². The van der Waals surface area contributed by atoms with Gasteiger partial charge in [0.25, 0.3) is 5.91 Å². The quantitative estimate of drug-likeness (QED) is 0.635. The van der Waals surface area contributed by atoms with Crippen molar-refractivity contribution >= 4 is 29.5 Å². The number of aliphatic hydroxyl groups is 1. The second-order valence-electron chi connectivity index (χ2n) is 7.47. The molecule has 2 aliphatic heterocycles. The molecule has 2 heterocycles. The first-order valence-electron chi connectivity index (χ1n) is 9.63. The average molecular weight is 406 g/mol. The van der Waals surface area contributed by atoms with Gasteiger partial charge in [-0.1, -0.05) is 38.5 Å². The van der Waals surface area contributed by atoms with E-state index in [1.54, 1.807) is 29.7 Å². The summed E-state index contributed by atoms with van der Waals surface area (Å²) in [7, 11) is 0. The maximum absolute atomic E-state index is 13.0. The molecule has 1 aromatic rings. The predicted molar refractivity (Wildman–Crippen MR) is 108 cm³/mol. The van der Waals surface area contributed by atoms with E-state index in [9.17, 15) is 19.5 Å². The molecule has 152 valence electrons. The number of amides is 3. The number of nitrogens with one attached hydrogen (secondary N) is 2. The molecule has 3 rings (SSSR count). The van der Waals surface area contributed by atoms with Gasteiger partial charge in [0.05, 0.1) is 6.61 Å². The Bertz CT molecular complexity index is 772. The summed E-state index contributed by atoms with van der Waals surface area (Å²) in [6.45, 7) is 5.38. The average Bonchev–Trinajstić information content (AvgIpc) is 3.25. The molecule has 0 spiro atoms. The van der Waals surface area contributed by atoms with E-state index in [1.165, 1.54) is 0 Å². The zero-order valence-electron chi connectivity index (χ0n) is 16.3. The molecule has 3 amide bonds. The lowest BCUT2D eigenvalue weighted by Crippen LogP contribution is -2.56. The maximum atomic E-state index is 13.0. The Morgan fingerprint density at radius 2 is 2.00 bits per heavy atom. The normalized spacial score (nSPS) is 23.6. The Kier molecular flexibility index (Phi) is 6.30. The fraction of sp³-hybridized carbons (Fsp3) is 0.550. The second kappa shape index (κ2) is 8.53. The molecule has 3 N–H and O–H groups in total. The van der Waals surface area contributed by atoms with Crippen molar-refractivity contribution in [2.24, 2.45) is 5.92 Å². The maximum Gasteiger partial charge on any atom is 0.256 e. The van der Waals surface area contributed by atoms with Gasteiger partial charge in [-0.3, -0.25) is 14.4 Å². The number of nitrogens with zero attached hydrogens (tertiary/aromatic N) is 1. The van der Waals surface area contributed by atoms with Gasteiger partial charge in [-0.15, -0.1) is 11.8 Å². The highest BCUT2D eigenvalue weighted by Crippen LogP contribution is 2.48. The van der Waals surface area contributed by atoms with Crippen molar-refractivity contribution in [1.29, 1.82) is 0 Å². The lowest BCUT2D eigenvalue weighted by atomic mass is 9.97. The largest absolute Gasteiger partial charge is 0.394 e. The summed E-state index contributed by atoms with van der Waals surface area (Å²) < 4.78 is 0. The van der Waals surface area contributed by atoms with E-state index in [-0.39, 0.29) is 35.6 Å². The molecule has 7 nitrogen and oxygen atoms in total. The molecule has 1 fully saturated rings. The highest BCUT2D eigenvalue weighted by Gasteiger charge is 2.48. The van der Waals surface area contributed by atoms with Crippen LogP contribution in [0.5, 0.6) is 0 Å². The van der Waals surface area contributed by atoms with Gasteiger partial charge < -0.3 is 20.6 Å². The fourth-order valence-electron chi connectivity index (χ4n) is 3.57. The van der Waals surface area contributed by atoms with Crippen molar-refractivity contribution in [1.82, 2.24) is 15.5 Å². The van der Waals surface area contributed by atoms with Gasteiger partial charge in [0.2, 0.25) is 11.8 Å². The molecule has 1 aromatic carbocycles. The zero-order valence-corrected chi connectivity index (χ0v) is 17.2. The SMILES string of the molecule is CC[C@@H](C)[C@H](NC(=O)[C@H]1CS[C@@H]2c3ccccc3C(=O)N12)C(=O)N[C@@H](C)CO. The summed E-state index contributed by atoms with van der Waals surface area (Å²) in [5.41, 5.74) is 1.59. The van der Waals surface area contributed by atoms with Crippen LogP contribution in [0.4, 0.5) is 0 Å². The van der Waals surface area contributed by atoms with Gasteiger partial charge in [-0.25, -0.2) is 0 Å². The topological polar surface area (TPSA) is 98.7 Å².